The van der Waals surface area contributed by atoms with Crippen molar-refractivity contribution in [2.45, 2.75) is 33.1 Å². The van der Waals surface area contributed by atoms with E-state index >= 15 is 0 Å². The summed E-state index contributed by atoms with van der Waals surface area (Å²) in [6.07, 6.45) is 1.44. The van der Waals surface area contributed by atoms with Crippen LogP contribution in [0.3, 0.4) is 0 Å². The van der Waals surface area contributed by atoms with Gasteiger partial charge in [-0.2, -0.15) is 0 Å². The zero-order chi connectivity index (χ0) is 13.8. The van der Waals surface area contributed by atoms with Crippen LogP contribution >= 0.6 is 0 Å². The maximum atomic E-state index is 11.3. The van der Waals surface area contributed by atoms with Gasteiger partial charge in [-0.05, 0) is 25.9 Å². The monoisotopic (exact) mass is 259 g/mol. The minimum atomic E-state index is -0.793. The summed E-state index contributed by atoms with van der Waals surface area (Å²) in [6.45, 7) is 8.13. The summed E-state index contributed by atoms with van der Waals surface area (Å²) in [4.78, 5) is 23.8. The highest BCUT2D eigenvalue weighted by molar-refractivity contribution is 5.73. The summed E-state index contributed by atoms with van der Waals surface area (Å²) in [5, 5.41) is 13.9. The van der Waals surface area contributed by atoms with Gasteiger partial charge >= 0.3 is 12.0 Å². The van der Waals surface area contributed by atoms with Crippen molar-refractivity contribution in [2.24, 2.45) is 0 Å². The van der Waals surface area contributed by atoms with Crippen LogP contribution in [0.15, 0.2) is 0 Å². The minimum absolute atomic E-state index is 0.158. The second-order valence-electron chi connectivity index (χ2n) is 4.06. The van der Waals surface area contributed by atoms with Crippen molar-refractivity contribution in [1.29, 1.82) is 0 Å². The molecular weight excluding hydrogens is 234 g/mol. The zero-order valence-corrected chi connectivity index (χ0v) is 11.4. The number of amides is 2. The van der Waals surface area contributed by atoms with Crippen LogP contribution in [-0.4, -0.2) is 54.7 Å². The molecule has 0 aromatic carbocycles. The summed E-state index contributed by atoms with van der Waals surface area (Å²) in [6, 6.07) is -0.183. The summed E-state index contributed by atoms with van der Waals surface area (Å²) < 4.78 is 0. The Balaban J connectivity index is 3.40. The van der Waals surface area contributed by atoms with Crippen molar-refractivity contribution in [1.82, 2.24) is 15.5 Å². The van der Waals surface area contributed by atoms with E-state index in [1.807, 2.05) is 0 Å². The predicted octanol–water partition coefficient (Wildman–Crippen LogP) is 0.882. The first-order chi connectivity index (χ1) is 8.60. The average Bonchev–Trinajstić information content (AvgIpc) is 2.34. The van der Waals surface area contributed by atoms with E-state index in [9.17, 15) is 9.59 Å². The van der Waals surface area contributed by atoms with Gasteiger partial charge in [0, 0.05) is 26.1 Å². The van der Waals surface area contributed by atoms with Gasteiger partial charge in [-0.25, -0.2) is 4.79 Å². The van der Waals surface area contributed by atoms with Crippen molar-refractivity contribution in [3.8, 4) is 0 Å². The Hall–Kier alpha value is -1.30. The lowest BCUT2D eigenvalue weighted by atomic mass is 10.2. The van der Waals surface area contributed by atoms with Crippen molar-refractivity contribution in [3.63, 3.8) is 0 Å². The maximum absolute atomic E-state index is 11.3. The Morgan fingerprint density at radius 2 is 1.67 bits per heavy atom. The molecular formula is C12H25N3O3. The molecule has 0 bridgehead atoms. The number of urea groups is 1. The largest absolute Gasteiger partial charge is 0.481 e. The Bertz CT molecular complexity index is 243. The number of carboxylic acid groups (broad SMARTS) is 1. The van der Waals surface area contributed by atoms with Crippen LogP contribution in [0.25, 0.3) is 0 Å². The van der Waals surface area contributed by atoms with Crippen molar-refractivity contribution < 1.29 is 14.7 Å². The molecule has 18 heavy (non-hydrogen) atoms. The van der Waals surface area contributed by atoms with Crippen LogP contribution in [0.1, 0.15) is 33.1 Å². The molecule has 0 saturated heterocycles. The van der Waals surface area contributed by atoms with Gasteiger partial charge < -0.3 is 20.6 Å². The molecule has 6 nitrogen and oxygen atoms in total. The van der Waals surface area contributed by atoms with E-state index < -0.39 is 5.97 Å². The van der Waals surface area contributed by atoms with Gasteiger partial charge in [0.1, 0.15) is 0 Å². The number of carbonyl (C=O) groups is 2. The van der Waals surface area contributed by atoms with E-state index in [1.165, 1.54) is 0 Å². The predicted molar refractivity (Wildman–Crippen MR) is 70.7 cm³/mol. The fraction of sp³-hybridized carbons (Fsp3) is 0.833. The van der Waals surface area contributed by atoms with Gasteiger partial charge in [-0.3, -0.25) is 4.79 Å². The normalized spacial score (nSPS) is 10.4. The fourth-order valence-corrected chi connectivity index (χ4v) is 1.53. The lowest BCUT2D eigenvalue weighted by Crippen LogP contribution is -2.40. The van der Waals surface area contributed by atoms with Gasteiger partial charge in [-0.1, -0.05) is 13.8 Å². The minimum Gasteiger partial charge on any atom is -0.481 e. The van der Waals surface area contributed by atoms with E-state index in [0.29, 0.717) is 25.9 Å². The number of hydrogen-bond donors (Lipinski definition) is 3. The van der Waals surface area contributed by atoms with Crippen LogP contribution in [0.5, 0.6) is 0 Å². The number of likely N-dealkylation sites (N-methyl/N-ethyl adjacent to an activating group) is 1. The molecule has 0 rings (SSSR count). The quantitative estimate of drug-likeness (QED) is 0.509. The molecule has 0 saturated carbocycles. The van der Waals surface area contributed by atoms with Gasteiger partial charge in [-0.15, -0.1) is 0 Å². The van der Waals surface area contributed by atoms with Crippen LogP contribution in [0, 0.1) is 0 Å². The third-order valence-electron chi connectivity index (χ3n) is 2.71. The number of hydrogen-bond acceptors (Lipinski definition) is 3. The van der Waals surface area contributed by atoms with E-state index in [2.05, 4.69) is 29.4 Å². The van der Waals surface area contributed by atoms with Crippen molar-refractivity contribution >= 4 is 12.0 Å². The van der Waals surface area contributed by atoms with Crippen molar-refractivity contribution in [2.75, 3.05) is 32.7 Å². The SMILES string of the molecule is CCN(CC)CCNC(=O)NCCCCC(=O)O. The molecule has 3 N–H and O–H groups in total. The molecule has 106 valence electrons. The Kier molecular flexibility index (Phi) is 10.0. The maximum Gasteiger partial charge on any atom is 0.314 e. The molecule has 0 atom stereocenters. The summed E-state index contributed by atoms with van der Waals surface area (Å²) in [5.41, 5.74) is 0. The van der Waals surface area contributed by atoms with Crippen LogP contribution in [0.4, 0.5) is 4.79 Å². The van der Waals surface area contributed by atoms with Gasteiger partial charge in [0.25, 0.3) is 0 Å². The van der Waals surface area contributed by atoms with E-state index in [4.69, 9.17) is 5.11 Å². The van der Waals surface area contributed by atoms with Gasteiger partial charge in [0.05, 0.1) is 0 Å². The lowest BCUT2D eigenvalue weighted by Gasteiger charge is -2.18. The average molecular weight is 259 g/mol. The third-order valence-corrected chi connectivity index (χ3v) is 2.71. The molecule has 0 heterocycles. The molecule has 0 aromatic heterocycles. The van der Waals surface area contributed by atoms with E-state index in [1.54, 1.807) is 0 Å². The van der Waals surface area contributed by atoms with Crippen LogP contribution in [0.2, 0.25) is 0 Å². The highest BCUT2D eigenvalue weighted by atomic mass is 16.4. The first kappa shape index (κ1) is 16.7. The van der Waals surface area contributed by atoms with Gasteiger partial charge in [0.2, 0.25) is 0 Å². The first-order valence-electron chi connectivity index (χ1n) is 6.56. The summed E-state index contributed by atoms with van der Waals surface area (Å²) in [5.74, 6) is -0.793. The number of nitrogens with one attached hydrogen (secondary N) is 2. The summed E-state index contributed by atoms with van der Waals surface area (Å²) >= 11 is 0. The van der Waals surface area contributed by atoms with E-state index in [-0.39, 0.29) is 12.5 Å². The molecule has 0 fully saturated rings. The molecule has 0 radical (unpaired) electrons. The first-order valence-corrected chi connectivity index (χ1v) is 6.56. The number of nitrogens with zero attached hydrogens (tertiary/aromatic N) is 1. The van der Waals surface area contributed by atoms with Crippen LogP contribution in [-0.2, 0) is 4.79 Å². The Morgan fingerprint density at radius 1 is 1.06 bits per heavy atom. The third kappa shape index (κ3) is 9.89. The van der Waals surface area contributed by atoms with Crippen LogP contribution < -0.4 is 10.6 Å². The molecule has 0 aromatic rings. The molecule has 0 spiro atoms. The number of carbonyl (C=O) groups excluding carboxylic acids is 1. The highest BCUT2D eigenvalue weighted by Crippen LogP contribution is 1.93. The summed E-state index contributed by atoms with van der Waals surface area (Å²) in [7, 11) is 0. The zero-order valence-electron chi connectivity index (χ0n) is 11.4. The number of unbranched alkanes of at least 4 members (excludes halogenated alkanes) is 1. The second-order valence-corrected chi connectivity index (χ2v) is 4.06. The molecule has 0 aliphatic rings. The fourth-order valence-electron chi connectivity index (χ4n) is 1.53. The van der Waals surface area contributed by atoms with Gasteiger partial charge in [0.15, 0.2) is 0 Å². The number of carboxylic acids is 1. The number of aliphatic carboxylic acids is 1. The van der Waals surface area contributed by atoms with Crippen molar-refractivity contribution in [3.05, 3.63) is 0 Å². The molecule has 6 heteroatoms. The van der Waals surface area contributed by atoms with E-state index in [0.717, 1.165) is 19.6 Å². The smallest absolute Gasteiger partial charge is 0.314 e. The topological polar surface area (TPSA) is 81.7 Å². The molecule has 0 aliphatic heterocycles. The standard InChI is InChI=1S/C12H25N3O3/c1-3-15(4-2)10-9-14-12(18)13-8-6-5-7-11(16)17/h3-10H2,1-2H3,(H,16,17)(H2,13,14,18). The molecule has 2 amide bonds. The Morgan fingerprint density at radius 3 is 2.22 bits per heavy atom. The Labute approximate surface area is 109 Å². The lowest BCUT2D eigenvalue weighted by molar-refractivity contribution is -0.137. The molecule has 0 unspecified atom stereocenters. The number of rotatable bonds is 10. The molecule has 0 aliphatic carbocycles. The highest BCUT2D eigenvalue weighted by Gasteiger charge is 2.02. The second kappa shape index (κ2) is 10.8.